The lowest BCUT2D eigenvalue weighted by Gasteiger charge is -2.10. The molecular weight excluding hydrogens is 290 g/mol. The second-order valence-electron chi connectivity index (χ2n) is 5.34. The van der Waals surface area contributed by atoms with Gasteiger partial charge in [0.2, 0.25) is 5.91 Å². The van der Waals surface area contributed by atoms with Gasteiger partial charge in [-0.05, 0) is 30.3 Å². The van der Waals surface area contributed by atoms with Gasteiger partial charge in [0.05, 0.1) is 11.3 Å². The number of benzene rings is 2. The molecule has 2 aromatic rings. The number of rotatable bonds is 4. The highest BCUT2D eigenvalue weighted by Gasteiger charge is 2.11. The largest absolute Gasteiger partial charge is 0.326 e. The molecule has 0 saturated heterocycles. The maximum atomic E-state index is 12.3. The Morgan fingerprint density at radius 2 is 1.78 bits per heavy atom. The van der Waals surface area contributed by atoms with E-state index in [2.05, 4.69) is 10.6 Å². The van der Waals surface area contributed by atoms with Crippen molar-refractivity contribution >= 4 is 23.2 Å². The Morgan fingerprint density at radius 3 is 2.48 bits per heavy atom. The third-order valence-corrected chi connectivity index (χ3v) is 3.21. The van der Waals surface area contributed by atoms with Gasteiger partial charge in [-0.2, -0.15) is 5.26 Å². The van der Waals surface area contributed by atoms with E-state index in [0.717, 1.165) is 0 Å². The molecule has 0 heterocycles. The van der Waals surface area contributed by atoms with Crippen molar-refractivity contribution in [3.8, 4) is 6.07 Å². The Labute approximate surface area is 134 Å². The van der Waals surface area contributed by atoms with Gasteiger partial charge in [-0.1, -0.05) is 32.0 Å². The summed E-state index contributed by atoms with van der Waals surface area (Å²) in [5.74, 6) is -0.597. The van der Waals surface area contributed by atoms with Gasteiger partial charge < -0.3 is 10.6 Å². The number of hydrogen-bond acceptors (Lipinski definition) is 3. The normalized spacial score (nSPS) is 10.0. The highest BCUT2D eigenvalue weighted by Crippen LogP contribution is 2.17. The van der Waals surface area contributed by atoms with E-state index in [1.54, 1.807) is 62.4 Å². The standard InChI is InChI=1S/C18H17N3O2/c1-12(2)17(22)20-15-8-5-7-13(10-15)18(23)21-16-9-4-3-6-14(16)11-19/h3-10,12H,1-2H3,(H,20,22)(H,21,23). The summed E-state index contributed by atoms with van der Waals surface area (Å²) in [6.07, 6.45) is 0. The number of hydrogen-bond donors (Lipinski definition) is 2. The van der Waals surface area contributed by atoms with Gasteiger partial charge in [-0.3, -0.25) is 9.59 Å². The number of nitrogens with one attached hydrogen (secondary N) is 2. The summed E-state index contributed by atoms with van der Waals surface area (Å²) in [7, 11) is 0. The molecule has 0 aliphatic rings. The minimum absolute atomic E-state index is 0.114. The minimum atomic E-state index is -0.339. The molecule has 0 fully saturated rings. The number of anilines is 2. The molecule has 23 heavy (non-hydrogen) atoms. The van der Waals surface area contributed by atoms with E-state index >= 15 is 0 Å². The highest BCUT2D eigenvalue weighted by atomic mass is 16.2. The van der Waals surface area contributed by atoms with Crippen molar-refractivity contribution in [2.24, 2.45) is 5.92 Å². The lowest BCUT2D eigenvalue weighted by Crippen LogP contribution is -2.18. The van der Waals surface area contributed by atoms with Gasteiger partial charge >= 0.3 is 0 Å². The van der Waals surface area contributed by atoms with Gasteiger partial charge in [0, 0.05) is 17.2 Å². The number of carbonyl (C=O) groups excluding carboxylic acids is 2. The van der Waals surface area contributed by atoms with Crippen LogP contribution in [0, 0.1) is 17.2 Å². The molecule has 2 rings (SSSR count). The molecule has 0 unspecified atom stereocenters. The van der Waals surface area contributed by atoms with E-state index in [9.17, 15) is 9.59 Å². The van der Waals surface area contributed by atoms with Crippen LogP contribution in [-0.2, 0) is 4.79 Å². The molecule has 0 bridgehead atoms. The quantitative estimate of drug-likeness (QED) is 0.908. The fraction of sp³-hybridized carbons (Fsp3) is 0.167. The van der Waals surface area contributed by atoms with Crippen LogP contribution < -0.4 is 10.6 Å². The Morgan fingerprint density at radius 1 is 1.04 bits per heavy atom. The summed E-state index contributed by atoms with van der Waals surface area (Å²) < 4.78 is 0. The third-order valence-electron chi connectivity index (χ3n) is 3.21. The van der Waals surface area contributed by atoms with E-state index in [1.165, 1.54) is 0 Å². The smallest absolute Gasteiger partial charge is 0.255 e. The summed E-state index contributed by atoms with van der Waals surface area (Å²) in [6, 6.07) is 15.5. The topological polar surface area (TPSA) is 82.0 Å². The van der Waals surface area contributed by atoms with Gasteiger partial charge in [-0.15, -0.1) is 0 Å². The monoisotopic (exact) mass is 307 g/mol. The molecule has 0 radical (unpaired) electrons. The molecule has 0 atom stereocenters. The third kappa shape index (κ3) is 4.17. The van der Waals surface area contributed by atoms with Crippen LogP contribution in [0.15, 0.2) is 48.5 Å². The molecule has 0 aromatic heterocycles. The lowest BCUT2D eigenvalue weighted by molar-refractivity contribution is -0.118. The molecular formula is C18H17N3O2. The Bertz CT molecular complexity index is 776. The zero-order chi connectivity index (χ0) is 16.8. The molecule has 0 aliphatic heterocycles. The second kappa shape index (κ2) is 7.23. The summed E-state index contributed by atoms with van der Waals surface area (Å²) in [5.41, 5.74) is 1.81. The maximum absolute atomic E-state index is 12.3. The number of para-hydroxylation sites is 1. The van der Waals surface area contributed by atoms with E-state index in [-0.39, 0.29) is 17.7 Å². The lowest BCUT2D eigenvalue weighted by atomic mass is 10.1. The van der Waals surface area contributed by atoms with Crippen molar-refractivity contribution in [2.45, 2.75) is 13.8 Å². The zero-order valence-electron chi connectivity index (χ0n) is 13.0. The van der Waals surface area contributed by atoms with Crippen LogP contribution in [0.5, 0.6) is 0 Å². The van der Waals surface area contributed by atoms with Crippen molar-refractivity contribution in [2.75, 3.05) is 10.6 Å². The van der Waals surface area contributed by atoms with Crippen LogP contribution in [-0.4, -0.2) is 11.8 Å². The minimum Gasteiger partial charge on any atom is -0.326 e. The molecule has 0 spiro atoms. The van der Waals surface area contributed by atoms with Crippen molar-refractivity contribution < 1.29 is 9.59 Å². The molecule has 2 aromatic carbocycles. The Balaban J connectivity index is 2.17. The van der Waals surface area contributed by atoms with Gasteiger partial charge in [0.1, 0.15) is 6.07 Å². The average Bonchev–Trinajstić information content (AvgIpc) is 2.55. The van der Waals surface area contributed by atoms with Crippen molar-refractivity contribution in [3.05, 3.63) is 59.7 Å². The van der Waals surface area contributed by atoms with Crippen LogP contribution >= 0.6 is 0 Å². The first-order chi connectivity index (χ1) is 11.0. The summed E-state index contributed by atoms with van der Waals surface area (Å²) in [4.78, 5) is 24.0. The SMILES string of the molecule is CC(C)C(=O)Nc1cccc(C(=O)Nc2ccccc2C#N)c1. The second-order valence-corrected chi connectivity index (χ2v) is 5.34. The van der Waals surface area contributed by atoms with E-state index in [4.69, 9.17) is 5.26 Å². The molecule has 0 saturated carbocycles. The van der Waals surface area contributed by atoms with Crippen molar-refractivity contribution in [1.29, 1.82) is 5.26 Å². The Kier molecular flexibility index (Phi) is 5.11. The van der Waals surface area contributed by atoms with Gasteiger partial charge in [0.15, 0.2) is 0 Å². The first-order valence-corrected chi connectivity index (χ1v) is 7.22. The van der Waals surface area contributed by atoms with Crippen molar-refractivity contribution in [3.63, 3.8) is 0 Å². The summed E-state index contributed by atoms with van der Waals surface area (Å²) >= 11 is 0. The van der Waals surface area contributed by atoms with Crippen LogP contribution in [0.4, 0.5) is 11.4 Å². The summed E-state index contributed by atoms with van der Waals surface area (Å²) in [5, 5.41) is 14.5. The molecule has 2 N–H and O–H groups in total. The maximum Gasteiger partial charge on any atom is 0.255 e. The Hall–Kier alpha value is -3.13. The number of carbonyl (C=O) groups is 2. The van der Waals surface area contributed by atoms with Crippen LogP contribution in [0.2, 0.25) is 0 Å². The van der Waals surface area contributed by atoms with Gasteiger partial charge in [-0.25, -0.2) is 0 Å². The molecule has 0 aliphatic carbocycles. The van der Waals surface area contributed by atoms with Crippen molar-refractivity contribution in [1.82, 2.24) is 0 Å². The van der Waals surface area contributed by atoms with Gasteiger partial charge in [0.25, 0.3) is 5.91 Å². The first-order valence-electron chi connectivity index (χ1n) is 7.22. The number of nitrogens with zero attached hydrogens (tertiary/aromatic N) is 1. The predicted octanol–water partition coefficient (Wildman–Crippen LogP) is 3.41. The predicted molar refractivity (Wildman–Crippen MR) is 89.0 cm³/mol. The van der Waals surface area contributed by atoms with Crippen LogP contribution in [0.1, 0.15) is 29.8 Å². The van der Waals surface area contributed by atoms with E-state index < -0.39 is 0 Å². The molecule has 5 nitrogen and oxygen atoms in total. The molecule has 116 valence electrons. The fourth-order valence-electron chi connectivity index (χ4n) is 1.91. The summed E-state index contributed by atoms with van der Waals surface area (Å²) in [6.45, 7) is 3.59. The molecule has 2 amide bonds. The van der Waals surface area contributed by atoms with E-state index in [1.807, 2.05) is 6.07 Å². The first kappa shape index (κ1) is 16.2. The number of nitriles is 1. The fourth-order valence-corrected chi connectivity index (χ4v) is 1.91. The zero-order valence-corrected chi connectivity index (χ0v) is 13.0. The average molecular weight is 307 g/mol. The van der Waals surface area contributed by atoms with Crippen LogP contribution in [0.25, 0.3) is 0 Å². The molecule has 5 heteroatoms. The van der Waals surface area contributed by atoms with E-state index in [0.29, 0.717) is 22.5 Å². The van der Waals surface area contributed by atoms with Crippen LogP contribution in [0.3, 0.4) is 0 Å². The number of amides is 2. The highest BCUT2D eigenvalue weighted by molar-refractivity contribution is 6.06.